The number of carbonyl (C=O) groups excluding carboxylic acids is 2. The molecule has 0 spiro atoms. The highest BCUT2D eigenvalue weighted by Crippen LogP contribution is 2.34. The molecule has 2 aromatic carbocycles. The standard InChI is InChI=1S/C25H26F3N3O4/c1-2-34-16-18-17-7-3-6-10-21(17)35-23(18)24(33)31-13-11-30(12-14-31)15-22(32)29-20-9-5-4-8-19(20)25(26,27)28/h3-10H,2,11-16H2,1H3,(H,29,32). The van der Waals surface area contributed by atoms with E-state index in [2.05, 4.69) is 5.32 Å². The van der Waals surface area contributed by atoms with Gasteiger partial charge in [-0.25, -0.2) is 0 Å². The average Bonchev–Trinajstić information content (AvgIpc) is 3.21. The summed E-state index contributed by atoms with van der Waals surface area (Å²) in [4.78, 5) is 29.1. The van der Waals surface area contributed by atoms with Crippen LogP contribution in [-0.2, 0) is 22.3 Å². The molecule has 1 fully saturated rings. The zero-order chi connectivity index (χ0) is 25.0. The fourth-order valence-electron chi connectivity index (χ4n) is 4.10. The molecule has 3 aromatic rings. The number of fused-ring (bicyclic) bond motifs is 1. The number of halogens is 3. The molecule has 2 heterocycles. The van der Waals surface area contributed by atoms with Gasteiger partial charge in [-0.15, -0.1) is 0 Å². The van der Waals surface area contributed by atoms with Gasteiger partial charge in [-0.05, 0) is 25.1 Å². The predicted molar refractivity (Wildman–Crippen MR) is 124 cm³/mol. The lowest BCUT2D eigenvalue weighted by molar-refractivity contribution is -0.137. The maximum Gasteiger partial charge on any atom is 0.418 e. The quantitative estimate of drug-likeness (QED) is 0.533. The van der Waals surface area contributed by atoms with Crippen molar-refractivity contribution in [1.29, 1.82) is 0 Å². The smallest absolute Gasteiger partial charge is 0.418 e. The van der Waals surface area contributed by atoms with E-state index in [1.807, 2.05) is 25.1 Å². The topological polar surface area (TPSA) is 75.0 Å². The highest BCUT2D eigenvalue weighted by atomic mass is 19.4. The Morgan fingerprint density at radius 3 is 2.43 bits per heavy atom. The molecule has 35 heavy (non-hydrogen) atoms. The Morgan fingerprint density at radius 2 is 1.71 bits per heavy atom. The summed E-state index contributed by atoms with van der Waals surface area (Å²) in [5, 5.41) is 3.19. The normalized spacial score (nSPS) is 14.9. The minimum absolute atomic E-state index is 0.0750. The first-order chi connectivity index (χ1) is 16.8. The van der Waals surface area contributed by atoms with E-state index in [4.69, 9.17) is 9.15 Å². The van der Waals surface area contributed by atoms with Crippen LogP contribution in [0.5, 0.6) is 0 Å². The van der Waals surface area contributed by atoms with Crippen molar-refractivity contribution < 1.29 is 31.9 Å². The number of piperazine rings is 1. The number of furan rings is 1. The summed E-state index contributed by atoms with van der Waals surface area (Å²) in [6.45, 7) is 4.08. The Kier molecular flexibility index (Phi) is 7.42. The average molecular weight is 489 g/mol. The number of carbonyl (C=O) groups is 2. The van der Waals surface area contributed by atoms with Crippen molar-refractivity contribution in [2.24, 2.45) is 0 Å². The lowest BCUT2D eigenvalue weighted by atomic mass is 10.1. The lowest BCUT2D eigenvalue weighted by Crippen LogP contribution is -2.50. The van der Waals surface area contributed by atoms with Gasteiger partial charge in [0.15, 0.2) is 5.76 Å². The summed E-state index contributed by atoms with van der Waals surface area (Å²) in [5.41, 5.74) is 0.153. The largest absolute Gasteiger partial charge is 0.451 e. The van der Waals surface area contributed by atoms with Crippen LogP contribution in [-0.4, -0.2) is 60.9 Å². The van der Waals surface area contributed by atoms with Gasteiger partial charge in [-0.1, -0.05) is 30.3 Å². The summed E-state index contributed by atoms with van der Waals surface area (Å²) >= 11 is 0. The van der Waals surface area contributed by atoms with Gasteiger partial charge >= 0.3 is 6.18 Å². The molecule has 186 valence electrons. The zero-order valence-electron chi connectivity index (χ0n) is 19.2. The molecule has 4 rings (SSSR count). The van der Waals surface area contributed by atoms with Crippen molar-refractivity contribution >= 4 is 28.5 Å². The number of hydrogen-bond donors (Lipinski definition) is 1. The van der Waals surface area contributed by atoms with Crippen molar-refractivity contribution in [2.75, 3.05) is 44.6 Å². The van der Waals surface area contributed by atoms with Crippen LogP contribution in [0.4, 0.5) is 18.9 Å². The van der Waals surface area contributed by atoms with Crippen LogP contribution in [0.25, 0.3) is 11.0 Å². The van der Waals surface area contributed by atoms with E-state index in [1.54, 1.807) is 15.9 Å². The molecule has 1 aliphatic heterocycles. The minimum Gasteiger partial charge on any atom is -0.451 e. The third-order valence-corrected chi connectivity index (χ3v) is 5.88. The van der Waals surface area contributed by atoms with E-state index in [0.29, 0.717) is 43.9 Å². The first-order valence-corrected chi connectivity index (χ1v) is 11.3. The maximum absolute atomic E-state index is 13.2. The SMILES string of the molecule is CCOCc1c(C(=O)N2CCN(CC(=O)Nc3ccccc3C(F)(F)F)CC2)oc2ccccc12. The molecule has 2 amide bonds. The summed E-state index contributed by atoms with van der Waals surface area (Å²) in [7, 11) is 0. The third kappa shape index (κ3) is 5.66. The van der Waals surface area contributed by atoms with Gasteiger partial charge in [0.2, 0.25) is 5.91 Å². The van der Waals surface area contributed by atoms with Crippen molar-refractivity contribution in [3.05, 3.63) is 65.4 Å². The molecular formula is C25H26F3N3O4. The predicted octanol–water partition coefficient (Wildman–Crippen LogP) is 4.38. The fraction of sp³-hybridized carbons (Fsp3) is 0.360. The van der Waals surface area contributed by atoms with Crippen LogP contribution in [0.3, 0.4) is 0 Å². The van der Waals surface area contributed by atoms with Gasteiger partial charge in [0, 0.05) is 43.7 Å². The lowest BCUT2D eigenvalue weighted by Gasteiger charge is -2.34. The molecule has 1 aliphatic rings. The van der Waals surface area contributed by atoms with E-state index >= 15 is 0 Å². The number of amides is 2. The second-order valence-electron chi connectivity index (χ2n) is 8.20. The van der Waals surface area contributed by atoms with E-state index in [-0.39, 0.29) is 30.5 Å². The molecule has 7 nitrogen and oxygen atoms in total. The second kappa shape index (κ2) is 10.5. The number of alkyl halides is 3. The number of hydrogen-bond acceptors (Lipinski definition) is 5. The number of ether oxygens (including phenoxy) is 1. The van der Waals surface area contributed by atoms with E-state index in [1.165, 1.54) is 18.2 Å². The molecule has 1 aromatic heterocycles. The van der Waals surface area contributed by atoms with Crippen LogP contribution in [0.1, 0.15) is 28.6 Å². The van der Waals surface area contributed by atoms with Gasteiger partial charge < -0.3 is 19.4 Å². The first kappa shape index (κ1) is 24.7. The number of rotatable bonds is 7. The van der Waals surface area contributed by atoms with Crippen molar-refractivity contribution in [1.82, 2.24) is 9.80 Å². The Labute approximate surface area is 200 Å². The molecule has 0 saturated carbocycles. The van der Waals surface area contributed by atoms with E-state index < -0.39 is 17.6 Å². The Morgan fingerprint density at radius 1 is 1.03 bits per heavy atom. The molecule has 0 atom stereocenters. The van der Waals surface area contributed by atoms with Gasteiger partial charge in [0.05, 0.1) is 24.4 Å². The number of benzene rings is 2. The molecule has 0 unspecified atom stereocenters. The number of para-hydroxylation sites is 2. The summed E-state index contributed by atoms with van der Waals surface area (Å²) in [6, 6.07) is 12.3. The molecule has 0 aliphatic carbocycles. The monoisotopic (exact) mass is 489 g/mol. The van der Waals surface area contributed by atoms with Crippen LogP contribution in [0, 0.1) is 0 Å². The number of nitrogens with zero attached hydrogens (tertiary/aromatic N) is 2. The number of nitrogens with one attached hydrogen (secondary N) is 1. The van der Waals surface area contributed by atoms with Gasteiger partial charge in [0.1, 0.15) is 5.58 Å². The van der Waals surface area contributed by atoms with Crippen molar-refractivity contribution in [3.8, 4) is 0 Å². The summed E-state index contributed by atoms with van der Waals surface area (Å²) in [6.07, 6.45) is -4.56. The highest BCUT2D eigenvalue weighted by molar-refractivity contribution is 5.99. The highest BCUT2D eigenvalue weighted by Gasteiger charge is 2.34. The van der Waals surface area contributed by atoms with Crippen molar-refractivity contribution in [2.45, 2.75) is 19.7 Å². The van der Waals surface area contributed by atoms with Gasteiger partial charge in [0.25, 0.3) is 5.91 Å². The minimum atomic E-state index is -4.56. The third-order valence-electron chi connectivity index (χ3n) is 5.88. The van der Waals surface area contributed by atoms with Crippen LogP contribution >= 0.6 is 0 Å². The molecule has 1 saturated heterocycles. The fourth-order valence-corrected chi connectivity index (χ4v) is 4.10. The van der Waals surface area contributed by atoms with E-state index in [9.17, 15) is 22.8 Å². The Bertz CT molecular complexity index is 1200. The molecular weight excluding hydrogens is 463 g/mol. The van der Waals surface area contributed by atoms with Crippen molar-refractivity contribution in [3.63, 3.8) is 0 Å². The maximum atomic E-state index is 13.2. The van der Waals surface area contributed by atoms with Gasteiger partial charge in [-0.2, -0.15) is 13.2 Å². The summed E-state index contributed by atoms with van der Waals surface area (Å²) in [5.74, 6) is -0.550. The summed E-state index contributed by atoms with van der Waals surface area (Å²) < 4.78 is 50.9. The molecule has 10 heteroatoms. The van der Waals surface area contributed by atoms with Crippen LogP contribution in [0.2, 0.25) is 0 Å². The Hall–Kier alpha value is -3.37. The second-order valence-corrected chi connectivity index (χ2v) is 8.20. The van der Waals surface area contributed by atoms with E-state index in [0.717, 1.165) is 11.5 Å². The number of anilines is 1. The van der Waals surface area contributed by atoms with Crippen LogP contribution < -0.4 is 5.32 Å². The molecule has 1 N–H and O–H groups in total. The molecule has 0 radical (unpaired) electrons. The van der Waals surface area contributed by atoms with Gasteiger partial charge in [-0.3, -0.25) is 14.5 Å². The first-order valence-electron chi connectivity index (χ1n) is 11.3. The zero-order valence-corrected chi connectivity index (χ0v) is 19.2. The van der Waals surface area contributed by atoms with Crippen LogP contribution in [0.15, 0.2) is 52.9 Å². The molecule has 0 bridgehead atoms. The Balaban J connectivity index is 1.37.